The van der Waals surface area contributed by atoms with Gasteiger partial charge in [0.15, 0.2) is 0 Å². The first-order valence-corrected chi connectivity index (χ1v) is 9.09. The Kier molecular flexibility index (Phi) is 4.51. The molecule has 0 saturated heterocycles. The van der Waals surface area contributed by atoms with Crippen molar-refractivity contribution in [2.75, 3.05) is 7.11 Å². The lowest BCUT2D eigenvalue weighted by Crippen LogP contribution is -2.11. The van der Waals surface area contributed by atoms with Crippen LogP contribution in [0.5, 0.6) is 5.75 Å². The van der Waals surface area contributed by atoms with Crippen molar-refractivity contribution in [3.8, 4) is 17.2 Å². The summed E-state index contributed by atoms with van der Waals surface area (Å²) in [4.78, 5) is 16.0. The molecule has 2 heterocycles. The number of thiazole rings is 1. The van der Waals surface area contributed by atoms with E-state index in [0.717, 1.165) is 21.0 Å². The van der Waals surface area contributed by atoms with E-state index in [-0.39, 0.29) is 16.5 Å². The molecule has 0 atom stereocenters. The second-order valence-corrected chi connectivity index (χ2v) is 7.17. The van der Waals surface area contributed by atoms with Crippen LogP contribution in [0.2, 0.25) is 5.02 Å². The van der Waals surface area contributed by atoms with Crippen molar-refractivity contribution in [3.63, 3.8) is 0 Å². The minimum Gasteiger partial charge on any atom is -0.494 e. The number of nitrogens with two attached hydrogens (primary N) is 1. The Bertz CT molecular complexity index is 1150. The van der Waals surface area contributed by atoms with Crippen molar-refractivity contribution in [2.45, 2.75) is 6.42 Å². The predicted molar refractivity (Wildman–Crippen MR) is 102 cm³/mol. The third-order valence-corrected chi connectivity index (χ3v) is 5.24. The molecule has 1 amide bonds. The number of nitrogens with zero attached hydrogens (tertiary/aromatic N) is 3. The summed E-state index contributed by atoms with van der Waals surface area (Å²) in [5.74, 6) is 0.799. The Balaban J connectivity index is 1.62. The van der Waals surface area contributed by atoms with E-state index in [1.54, 1.807) is 19.2 Å². The van der Waals surface area contributed by atoms with E-state index in [1.807, 2.05) is 18.2 Å². The zero-order chi connectivity index (χ0) is 19.0. The summed E-state index contributed by atoms with van der Waals surface area (Å²) >= 11 is 7.51. The maximum Gasteiger partial charge on any atom is 0.250 e. The topological polar surface area (TPSA) is 104 Å². The maximum absolute atomic E-state index is 11.4. The monoisotopic (exact) mass is 400 g/mol. The number of hydrogen-bond donors (Lipinski definition) is 1. The van der Waals surface area contributed by atoms with Crippen LogP contribution in [0.15, 0.2) is 40.8 Å². The molecule has 0 aliphatic carbocycles. The highest BCUT2D eigenvalue weighted by Gasteiger charge is 2.15. The molecular formula is C18H13ClN4O3S. The number of hydrogen-bond acceptors (Lipinski definition) is 7. The van der Waals surface area contributed by atoms with E-state index in [1.165, 1.54) is 17.4 Å². The lowest BCUT2D eigenvalue weighted by molar-refractivity contribution is 0.100. The van der Waals surface area contributed by atoms with Crippen LogP contribution in [0.3, 0.4) is 0 Å². The average Bonchev–Trinajstić information content (AvgIpc) is 3.28. The van der Waals surface area contributed by atoms with Crippen molar-refractivity contribution in [3.05, 3.63) is 57.9 Å². The molecule has 4 rings (SSSR count). The summed E-state index contributed by atoms with van der Waals surface area (Å²) in [5, 5.41) is 9.21. The molecule has 0 aliphatic rings. The Morgan fingerprint density at radius 2 is 2.15 bits per heavy atom. The van der Waals surface area contributed by atoms with E-state index in [0.29, 0.717) is 17.9 Å². The SMILES string of the molecule is COc1cccc2sc(Cc3nnc(-c4ccc(Cl)c(C(N)=O)c4)o3)nc12. The van der Waals surface area contributed by atoms with Gasteiger partial charge in [-0.05, 0) is 30.3 Å². The van der Waals surface area contributed by atoms with Crippen LogP contribution >= 0.6 is 22.9 Å². The molecular weight excluding hydrogens is 388 g/mol. The minimum absolute atomic E-state index is 0.201. The summed E-state index contributed by atoms with van der Waals surface area (Å²) in [7, 11) is 1.62. The van der Waals surface area contributed by atoms with Crippen molar-refractivity contribution in [1.29, 1.82) is 0 Å². The smallest absolute Gasteiger partial charge is 0.250 e. The summed E-state index contributed by atoms with van der Waals surface area (Å²) in [6.45, 7) is 0. The summed E-state index contributed by atoms with van der Waals surface area (Å²) in [5.41, 5.74) is 6.90. The average molecular weight is 401 g/mol. The van der Waals surface area contributed by atoms with Gasteiger partial charge in [-0.1, -0.05) is 17.7 Å². The highest BCUT2D eigenvalue weighted by Crippen LogP contribution is 2.31. The Morgan fingerprint density at radius 3 is 2.93 bits per heavy atom. The van der Waals surface area contributed by atoms with Crippen LogP contribution in [-0.4, -0.2) is 28.2 Å². The van der Waals surface area contributed by atoms with Crippen LogP contribution in [0.1, 0.15) is 21.3 Å². The van der Waals surface area contributed by atoms with E-state index in [2.05, 4.69) is 15.2 Å². The quantitative estimate of drug-likeness (QED) is 0.547. The third-order valence-electron chi connectivity index (χ3n) is 3.89. The van der Waals surface area contributed by atoms with Crippen molar-refractivity contribution in [2.24, 2.45) is 5.73 Å². The molecule has 2 aromatic carbocycles. The van der Waals surface area contributed by atoms with Gasteiger partial charge < -0.3 is 14.9 Å². The maximum atomic E-state index is 11.4. The Labute approximate surface area is 162 Å². The number of amides is 1. The van der Waals surface area contributed by atoms with Crippen molar-refractivity contribution < 1.29 is 13.9 Å². The van der Waals surface area contributed by atoms with E-state index < -0.39 is 5.91 Å². The number of ether oxygens (including phenoxy) is 1. The molecule has 2 aromatic heterocycles. The number of carbonyl (C=O) groups excluding carboxylic acids is 1. The zero-order valence-electron chi connectivity index (χ0n) is 14.1. The predicted octanol–water partition coefficient (Wildman–Crippen LogP) is 3.70. The molecule has 7 nitrogen and oxygen atoms in total. The first-order valence-electron chi connectivity index (χ1n) is 7.89. The van der Waals surface area contributed by atoms with E-state index in [4.69, 9.17) is 26.5 Å². The number of carbonyl (C=O) groups is 1. The second kappa shape index (κ2) is 6.98. The zero-order valence-corrected chi connectivity index (χ0v) is 15.7. The molecule has 0 fully saturated rings. The second-order valence-electron chi connectivity index (χ2n) is 5.65. The first kappa shape index (κ1) is 17.4. The molecule has 2 N–H and O–H groups in total. The van der Waals surface area contributed by atoms with Crippen LogP contribution in [0.4, 0.5) is 0 Å². The number of para-hydroxylation sites is 1. The Hall–Kier alpha value is -2.97. The van der Waals surface area contributed by atoms with Crippen LogP contribution in [0.25, 0.3) is 21.7 Å². The molecule has 9 heteroatoms. The minimum atomic E-state index is -0.620. The first-order chi connectivity index (χ1) is 13.0. The number of primary amides is 1. The molecule has 0 aliphatic heterocycles. The van der Waals surface area contributed by atoms with Gasteiger partial charge in [-0.15, -0.1) is 21.5 Å². The fourth-order valence-electron chi connectivity index (χ4n) is 2.63. The highest BCUT2D eigenvalue weighted by molar-refractivity contribution is 7.18. The highest BCUT2D eigenvalue weighted by atomic mass is 35.5. The molecule has 0 bridgehead atoms. The van der Waals surface area contributed by atoms with Gasteiger partial charge in [0.25, 0.3) is 0 Å². The summed E-state index contributed by atoms with van der Waals surface area (Å²) in [6, 6.07) is 10.6. The fourth-order valence-corrected chi connectivity index (χ4v) is 3.81. The number of rotatable bonds is 5. The van der Waals surface area contributed by atoms with Gasteiger partial charge in [0.1, 0.15) is 16.3 Å². The standard InChI is InChI=1S/C18H13ClN4O3S/c1-25-12-3-2-4-13-16(12)21-15(27-13)8-14-22-23-18(26-14)9-5-6-11(19)10(7-9)17(20)24/h2-7H,8H2,1H3,(H2,20,24). The lowest BCUT2D eigenvalue weighted by Gasteiger charge is -2.01. The number of methoxy groups -OCH3 is 1. The van der Waals surface area contributed by atoms with Crippen LogP contribution in [0, 0.1) is 0 Å². The fraction of sp³-hybridized carbons (Fsp3) is 0.111. The van der Waals surface area contributed by atoms with Gasteiger partial charge in [0, 0.05) is 5.56 Å². The Morgan fingerprint density at radius 1 is 1.30 bits per heavy atom. The molecule has 136 valence electrons. The number of aromatic nitrogens is 3. The molecule has 4 aromatic rings. The van der Waals surface area contributed by atoms with Crippen LogP contribution in [-0.2, 0) is 6.42 Å². The molecule has 0 radical (unpaired) electrons. The lowest BCUT2D eigenvalue weighted by atomic mass is 10.1. The number of halogens is 1. The number of benzene rings is 2. The van der Waals surface area contributed by atoms with Gasteiger partial charge in [-0.2, -0.15) is 0 Å². The van der Waals surface area contributed by atoms with Crippen LogP contribution < -0.4 is 10.5 Å². The molecule has 0 spiro atoms. The van der Waals surface area contributed by atoms with Crippen molar-refractivity contribution in [1.82, 2.24) is 15.2 Å². The summed E-state index contributed by atoms with van der Waals surface area (Å²) < 4.78 is 12.1. The summed E-state index contributed by atoms with van der Waals surface area (Å²) in [6.07, 6.45) is 0.395. The molecule has 0 unspecified atom stereocenters. The molecule has 0 saturated carbocycles. The van der Waals surface area contributed by atoms with Gasteiger partial charge in [-0.3, -0.25) is 4.79 Å². The van der Waals surface area contributed by atoms with Crippen molar-refractivity contribution >= 4 is 39.1 Å². The van der Waals surface area contributed by atoms with Gasteiger partial charge >= 0.3 is 0 Å². The van der Waals surface area contributed by atoms with E-state index >= 15 is 0 Å². The third kappa shape index (κ3) is 3.36. The van der Waals surface area contributed by atoms with Gasteiger partial charge in [-0.25, -0.2) is 4.98 Å². The van der Waals surface area contributed by atoms with Gasteiger partial charge in [0.2, 0.25) is 17.7 Å². The van der Waals surface area contributed by atoms with E-state index in [9.17, 15) is 4.79 Å². The van der Waals surface area contributed by atoms with Gasteiger partial charge in [0.05, 0.1) is 28.8 Å². The number of fused-ring (bicyclic) bond motifs is 1. The largest absolute Gasteiger partial charge is 0.494 e. The molecule has 27 heavy (non-hydrogen) atoms. The normalized spacial score (nSPS) is 11.0.